The molecule has 2 aliphatic rings. The minimum absolute atomic E-state index is 0.823. The van der Waals surface area contributed by atoms with Crippen molar-refractivity contribution in [3.05, 3.63) is 6.92 Å². The Labute approximate surface area is 44.9 Å². The quantitative estimate of drug-likeness (QED) is 0.431. The Morgan fingerprint density at radius 1 is 1.00 bits per heavy atom. The molecule has 2 aliphatic carbocycles. The molecule has 39 valence electrons. The summed E-state index contributed by atoms with van der Waals surface area (Å²) in [5.74, 6) is 3.08. The van der Waals surface area contributed by atoms with Crippen LogP contribution in [0.2, 0.25) is 0 Å². The first-order valence-corrected chi connectivity index (χ1v) is 3.19. The SMILES string of the molecule is [CH2]C1CC2CC2C1. The van der Waals surface area contributed by atoms with Crippen LogP contribution in [0.4, 0.5) is 0 Å². The largest absolute Gasteiger partial charge is 0.0502 e. The lowest BCUT2D eigenvalue weighted by atomic mass is 10.1. The van der Waals surface area contributed by atoms with E-state index >= 15 is 0 Å². The lowest BCUT2D eigenvalue weighted by molar-refractivity contribution is 0.588. The first-order chi connectivity index (χ1) is 3.36. The van der Waals surface area contributed by atoms with Crippen molar-refractivity contribution in [1.82, 2.24) is 0 Å². The molecule has 0 aliphatic heterocycles. The molecule has 0 aromatic rings. The Morgan fingerprint density at radius 2 is 1.57 bits per heavy atom. The molecule has 0 spiro atoms. The monoisotopic (exact) mass is 95.1 g/mol. The maximum Gasteiger partial charge on any atom is -0.0380 e. The van der Waals surface area contributed by atoms with Gasteiger partial charge in [-0.15, -0.1) is 0 Å². The van der Waals surface area contributed by atoms with Gasteiger partial charge in [-0.2, -0.15) is 0 Å². The highest BCUT2D eigenvalue weighted by Gasteiger charge is 2.43. The molecule has 2 unspecified atom stereocenters. The van der Waals surface area contributed by atoms with Crippen LogP contribution in [0.15, 0.2) is 0 Å². The minimum Gasteiger partial charge on any atom is -0.0502 e. The Kier molecular flexibility index (Phi) is 0.586. The van der Waals surface area contributed by atoms with Crippen LogP contribution in [0.1, 0.15) is 19.3 Å². The third-order valence-corrected chi connectivity index (χ3v) is 2.34. The number of hydrogen-bond donors (Lipinski definition) is 0. The van der Waals surface area contributed by atoms with Crippen molar-refractivity contribution in [3.63, 3.8) is 0 Å². The van der Waals surface area contributed by atoms with E-state index in [2.05, 4.69) is 6.92 Å². The van der Waals surface area contributed by atoms with Gasteiger partial charge in [0.25, 0.3) is 0 Å². The Morgan fingerprint density at radius 3 is 1.86 bits per heavy atom. The van der Waals surface area contributed by atoms with Crippen LogP contribution in [-0.4, -0.2) is 0 Å². The van der Waals surface area contributed by atoms with Crippen molar-refractivity contribution < 1.29 is 0 Å². The zero-order chi connectivity index (χ0) is 4.85. The molecular weight excluding hydrogens is 84.1 g/mol. The Bertz CT molecular complexity index is 76.0. The van der Waals surface area contributed by atoms with Gasteiger partial charge in [0.05, 0.1) is 0 Å². The fourth-order valence-electron chi connectivity index (χ4n) is 1.84. The van der Waals surface area contributed by atoms with Gasteiger partial charge in [-0.1, -0.05) is 6.92 Å². The highest BCUT2D eigenvalue weighted by molar-refractivity contribution is 4.96. The highest BCUT2D eigenvalue weighted by Crippen LogP contribution is 2.53. The predicted molar refractivity (Wildman–Crippen MR) is 29.7 cm³/mol. The molecule has 0 heteroatoms. The second kappa shape index (κ2) is 1.04. The van der Waals surface area contributed by atoms with Crippen molar-refractivity contribution >= 4 is 0 Å². The van der Waals surface area contributed by atoms with E-state index in [9.17, 15) is 0 Å². The molecule has 7 heavy (non-hydrogen) atoms. The van der Waals surface area contributed by atoms with Gasteiger partial charge in [-0.25, -0.2) is 0 Å². The second-order valence-electron chi connectivity index (χ2n) is 3.09. The van der Waals surface area contributed by atoms with Crippen LogP contribution >= 0.6 is 0 Å². The molecule has 0 bridgehead atoms. The van der Waals surface area contributed by atoms with Crippen LogP contribution in [0.5, 0.6) is 0 Å². The van der Waals surface area contributed by atoms with Crippen molar-refractivity contribution in [2.24, 2.45) is 17.8 Å². The van der Waals surface area contributed by atoms with Crippen molar-refractivity contribution in [3.8, 4) is 0 Å². The second-order valence-corrected chi connectivity index (χ2v) is 3.09. The fraction of sp³-hybridized carbons (Fsp3) is 0.857. The van der Waals surface area contributed by atoms with Crippen molar-refractivity contribution in [2.45, 2.75) is 19.3 Å². The van der Waals surface area contributed by atoms with Crippen LogP contribution in [0, 0.1) is 24.7 Å². The van der Waals surface area contributed by atoms with Crippen LogP contribution in [0.25, 0.3) is 0 Å². The number of rotatable bonds is 0. The van der Waals surface area contributed by atoms with Crippen LogP contribution < -0.4 is 0 Å². The Balaban J connectivity index is 2.02. The van der Waals surface area contributed by atoms with Gasteiger partial charge >= 0.3 is 0 Å². The highest BCUT2D eigenvalue weighted by atomic mass is 14.5. The van der Waals surface area contributed by atoms with Gasteiger partial charge in [-0.05, 0) is 37.0 Å². The summed E-state index contributed by atoms with van der Waals surface area (Å²) >= 11 is 0. The summed E-state index contributed by atoms with van der Waals surface area (Å²) in [6.45, 7) is 4.02. The summed E-state index contributed by atoms with van der Waals surface area (Å²) in [4.78, 5) is 0. The molecule has 0 amide bonds. The van der Waals surface area contributed by atoms with Gasteiger partial charge in [-0.3, -0.25) is 0 Å². The molecule has 0 saturated heterocycles. The van der Waals surface area contributed by atoms with Gasteiger partial charge in [0, 0.05) is 0 Å². The van der Waals surface area contributed by atoms with E-state index in [1.807, 2.05) is 0 Å². The molecular formula is C7H11. The molecule has 0 aromatic carbocycles. The van der Waals surface area contributed by atoms with E-state index in [1.54, 1.807) is 0 Å². The van der Waals surface area contributed by atoms with Crippen molar-refractivity contribution in [2.75, 3.05) is 0 Å². The summed E-state index contributed by atoms with van der Waals surface area (Å²) in [5, 5.41) is 0. The van der Waals surface area contributed by atoms with E-state index in [0.717, 1.165) is 17.8 Å². The van der Waals surface area contributed by atoms with Crippen LogP contribution in [0.3, 0.4) is 0 Å². The Hall–Kier alpha value is 0. The van der Waals surface area contributed by atoms with E-state index in [-0.39, 0.29) is 0 Å². The first kappa shape index (κ1) is 3.94. The van der Waals surface area contributed by atoms with E-state index in [4.69, 9.17) is 0 Å². The molecule has 2 fully saturated rings. The molecule has 2 rings (SSSR count). The van der Waals surface area contributed by atoms with Crippen molar-refractivity contribution in [1.29, 1.82) is 0 Å². The molecule has 0 aromatic heterocycles. The number of hydrogen-bond acceptors (Lipinski definition) is 0. The van der Waals surface area contributed by atoms with E-state index in [1.165, 1.54) is 19.3 Å². The summed E-state index contributed by atoms with van der Waals surface area (Å²) in [6, 6.07) is 0. The molecule has 0 nitrogen and oxygen atoms in total. The predicted octanol–water partition coefficient (Wildman–Crippen LogP) is 1.87. The summed E-state index contributed by atoms with van der Waals surface area (Å²) < 4.78 is 0. The standard InChI is InChI=1S/C7H11/c1-5-2-6-4-7(6)3-5/h5-7H,1-4H2. The zero-order valence-electron chi connectivity index (χ0n) is 4.56. The third-order valence-electron chi connectivity index (χ3n) is 2.34. The van der Waals surface area contributed by atoms with E-state index in [0.29, 0.717) is 0 Å². The fourth-order valence-corrected chi connectivity index (χ4v) is 1.84. The average molecular weight is 95.2 g/mol. The average Bonchev–Trinajstić information content (AvgIpc) is 2.15. The van der Waals surface area contributed by atoms with Gasteiger partial charge in [0.2, 0.25) is 0 Å². The summed E-state index contributed by atoms with van der Waals surface area (Å²) in [6.07, 6.45) is 4.40. The van der Waals surface area contributed by atoms with Gasteiger partial charge in [0.1, 0.15) is 0 Å². The minimum atomic E-state index is 0.823. The topological polar surface area (TPSA) is 0 Å². The first-order valence-electron chi connectivity index (χ1n) is 3.19. The zero-order valence-corrected chi connectivity index (χ0v) is 4.56. The smallest absolute Gasteiger partial charge is 0.0380 e. The molecule has 1 radical (unpaired) electrons. The normalized spacial score (nSPS) is 57.0. The molecule has 2 atom stereocenters. The molecule has 0 heterocycles. The van der Waals surface area contributed by atoms with E-state index < -0.39 is 0 Å². The maximum absolute atomic E-state index is 4.02. The van der Waals surface area contributed by atoms with Crippen LogP contribution in [-0.2, 0) is 0 Å². The molecule has 2 saturated carbocycles. The summed E-state index contributed by atoms with van der Waals surface area (Å²) in [5.41, 5.74) is 0. The molecule has 0 N–H and O–H groups in total. The van der Waals surface area contributed by atoms with Gasteiger partial charge < -0.3 is 0 Å². The lowest BCUT2D eigenvalue weighted by Gasteiger charge is -1.98. The number of fused-ring (bicyclic) bond motifs is 1. The van der Waals surface area contributed by atoms with Gasteiger partial charge in [0.15, 0.2) is 0 Å². The lowest BCUT2D eigenvalue weighted by Crippen LogP contribution is -1.87. The summed E-state index contributed by atoms with van der Waals surface area (Å²) in [7, 11) is 0. The third kappa shape index (κ3) is 0.490. The maximum atomic E-state index is 4.02.